The fraction of sp³-hybridized carbons (Fsp3) is 0.438. The molecule has 3 amide bonds. The lowest BCUT2D eigenvalue weighted by Gasteiger charge is -2.22. The average Bonchev–Trinajstić information content (AvgIpc) is 3.21. The Morgan fingerprint density at radius 2 is 2.04 bits per heavy atom. The number of halogens is 1. The summed E-state index contributed by atoms with van der Waals surface area (Å²) < 4.78 is 40.0. The molecule has 0 aliphatic carbocycles. The Morgan fingerprint density at radius 1 is 1.30 bits per heavy atom. The van der Waals surface area contributed by atoms with Crippen molar-refractivity contribution in [3.8, 4) is 0 Å². The summed E-state index contributed by atoms with van der Waals surface area (Å²) in [5.41, 5.74) is 0. The third kappa shape index (κ3) is 4.30. The number of imide groups is 1. The minimum absolute atomic E-state index is 0.100. The summed E-state index contributed by atoms with van der Waals surface area (Å²) in [5, 5.41) is -0.294. The monoisotopic (exact) mass is 415 g/mol. The van der Waals surface area contributed by atoms with Gasteiger partial charge in [0.25, 0.3) is 5.24 Å². The lowest BCUT2D eigenvalue weighted by molar-refractivity contribution is -0.131. The summed E-state index contributed by atoms with van der Waals surface area (Å²) >= 11 is 0.952. The summed E-state index contributed by atoms with van der Waals surface area (Å²) in [6.07, 6.45) is 0.405. The summed E-state index contributed by atoms with van der Waals surface area (Å²) in [6, 6.07) is 4.65. The summed E-state index contributed by atoms with van der Waals surface area (Å²) in [7, 11) is -4.04. The number of hydrogen-bond acceptors (Lipinski definition) is 6. The number of nitrogens with zero attached hydrogens (tertiary/aromatic N) is 2. The van der Waals surface area contributed by atoms with E-state index < -0.39 is 20.7 Å². The standard InChI is InChI=1S/C16H18FN3O5S2/c17-12-3-1-2-4-13(12)27(24,25)18-7-5-14(21)19-8-6-11(9-19)20-15(22)10-26-16(20)23/h1-4,11,18H,5-10H2. The van der Waals surface area contributed by atoms with Gasteiger partial charge >= 0.3 is 0 Å². The van der Waals surface area contributed by atoms with Gasteiger partial charge in [0.2, 0.25) is 21.8 Å². The minimum Gasteiger partial charge on any atom is -0.340 e. The highest BCUT2D eigenvalue weighted by Crippen LogP contribution is 2.26. The van der Waals surface area contributed by atoms with Crippen molar-refractivity contribution in [2.75, 3.05) is 25.4 Å². The average molecular weight is 415 g/mol. The van der Waals surface area contributed by atoms with Gasteiger partial charge in [-0.25, -0.2) is 17.5 Å². The SMILES string of the molecule is O=C(CCNS(=O)(=O)c1ccccc1F)N1CCC(N2C(=O)CSC2=O)C1. The molecular formula is C16H18FN3O5S2. The third-order valence-electron chi connectivity index (χ3n) is 4.42. The molecule has 2 fully saturated rings. The van der Waals surface area contributed by atoms with Gasteiger partial charge in [-0.2, -0.15) is 0 Å². The molecule has 0 aromatic heterocycles. The van der Waals surface area contributed by atoms with Gasteiger partial charge in [-0.1, -0.05) is 23.9 Å². The number of sulfonamides is 1. The predicted molar refractivity (Wildman–Crippen MR) is 95.9 cm³/mol. The quantitative estimate of drug-likeness (QED) is 0.737. The first-order valence-corrected chi connectivity index (χ1v) is 10.8. The first-order chi connectivity index (χ1) is 12.8. The second-order valence-corrected chi connectivity index (χ2v) is 8.84. The van der Waals surface area contributed by atoms with Crippen molar-refractivity contribution >= 4 is 38.8 Å². The van der Waals surface area contributed by atoms with Gasteiger partial charge in [-0.15, -0.1) is 0 Å². The molecule has 146 valence electrons. The molecule has 27 heavy (non-hydrogen) atoms. The number of thioether (sulfide) groups is 1. The van der Waals surface area contributed by atoms with Gasteiger partial charge in [0.05, 0.1) is 11.8 Å². The highest BCUT2D eigenvalue weighted by Gasteiger charge is 2.40. The van der Waals surface area contributed by atoms with Crippen LogP contribution in [0.1, 0.15) is 12.8 Å². The molecular weight excluding hydrogens is 397 g/mol. The number of amides is 3. The maximum Gasteiger partial charge on any atom is 0.289 e. The zero-order valence-electron chi connectivity index (χ0n) is 14.3. The smallest absolute Gasteiger partial charge is 0.289 e. The molecule has 1 aromatic carbocycles. The van der Waals surface area contributed by atoms with E-state index in [4.69, 9.17) is 0 Å². The minimum atomic E-state index is -4.04. The van der Waals surface area contributed by atoms with Crippen molar-refractivity contribution in [1.29, 1.82) is 0 Å². The van der Waals surface area contributed by atoms with Gasteiger partial charge in [-0.3, -0.25) is 19.3 Å². The van der Waals surface area contributed by atoms with Crippen LogP contribution in [0.4, 0.5) is 9.18 Å². The summed E-state index contributed by atoms with van der Waals surface area (Å²) in [5.74, 6) is -1.28. The normalized spacial score (nSPS) is 20.6. The summed E-state index contributed by atoms with van der Waals surface area (Å²) in [6.45, 7) is 0.469. The molecule has 2 aliphatic heterocycles. The lowest BCUT2D eigenvalue weighted by Crippen LogP contribution is -2.42. The van der Waals surface area contributed by atoms with E-state index in [9.17, 15) is 27.2 Å². The highest BCUT2D eigenvalue weighted by atomic mass is 32.2. The molecule has 1 aromatic rings. The Bertz CT molecular complexity index is 861. The Labute approximate surface area is 160 Å². The first kappa shape index (κ1) is 19.8. The van der Waals surface area contributed by atoms with Crippen molar-refractivity contribution in [3.05, 3.63) is 30.1 Å². The number of likely N-dealkylation sites (tertiary alicyclic amines) is 1. The predicted octanol–water partition coefficient (Wildman–Crippen LogP) is 0.790. The zero-order valence-corrected chi connectivity index (χ0v) is 15.9. The second kappa shape index (κ2) is 7.95. The van der Waals surface area contributed by atoms with Crippen LogP contribution in [0.15, 0.2) is 29.2 Å². The number of nitrogens with one attached hydrogen (secondary N) is 1. The van der Waals surface area contributed by atoms with E-state index in [-0.39, 0.29) is 48.4 Å². The first-order valence-electron chi connectivity index (χ1n) is 8.30. The van der Waals surface area contributed by atoms with Crippen LogP contribution in [-0.4, -0.2) is 66.7 Å². The van der Waals surface area contributed by atoms with Crippen molar-refractivity contribution in [2.45, 2.75) is 23.8 Å². The van der Waals surface area contributed by atoms with E-state index in [2.05, 4.69) is 4.72 Å². The van der Waals surface area contributed by atoms with Crippen molar-refractivity contribution < 1.29 is 27.2 Å². The Balaban J connectivity index is 1.51. The molecule has 1 atom stereocenters. The van der Waals surface area contributed by atoms with Gasteiger partial charge < -0.3 is 4.90 Å². The topological polar surface area (TPSA) is 104 Å². The molecule has 11 heteroatoms. The van der Waals surface area contributed by atoms with Crippen LogP contribution in [0.25, 0.3) is 0 Å². The molecule has 0 radical (unpaired) electrons. The molecule has 0 spiro atoms. The maximum atomic E-state index is 13.6. The van der Waals surface area contributed by atoms with Crippen molar-refractivity contribution in [1.82, 2.24) is 14.5 Å². The number of rotatable bonds is 6. The van der Waals surface area contributed by atoms with Crippen LogP contribution in [0.5, 0.6) is 0 Å². The molecule has 1 unspecified atom stereocenters. The van der Waals surface area contributed by atoms with Crippen LogP contribution in [0, 0.1) is 5.82 Å². The van der Waals surface area contributed by atoms with Crippen LogP contribution in [-0.2, 0) is 19.6 Å². The Morgan fingerprint density at radius 3 is 2.70 bits per heavy atom. The Hall–Kier alpha value is -1.98. The fourth-order valence-electron chi connectivity index (χ4n) is 3.09. The van der Waals surface area contributed by atoms with E-state index in [0.717, 1.165) is 23.9 Å². The zero-order chi connectivity index (χ0) is 19.6. The van der Waals surface area contributed by atoms with Crippen LogP contribution in [0.2, 0.25) is 0 Å². The van der Waals surface area contributed by atoms with Crippen LogP contribution >= 0.6 is 11.8 Å². The molecule has 8 nitrogen and oxygen atoms in total. The largest absolute Gasteiger partial charge is 0.340 e. The lowest BCUT2D eigenvalue weighted by atomic mass is 10.2. The molecule has 2 heterocycles. The molecule has 2 saturated heterocycles. The maximum absolute atomic E-state index is 13.6. The third-order valence-corrected chi connectivity index (χ3v) is 6.75. The molecule has 1 N–H and O–H groups in total. The number of carbonyl (C=O) groups is 3. The van der Waals surface area contributed by atoms with E-state index in [0.29, 0.717) is 13.0 Å². The van der Waals surface area contributed by atoms with Crippen LogP contribution in [0.3, 0.4) is 0 Å². The van der Waals surface area contributed by atoms with E-state index in [1.807, 2.05) is 0 Å². The highest BCUT2D eigenvalue weighted by molar-refractivity contribution is 8.14. The Kier molecular flexibility index (Phi) is 5.82. The molecule has 2 aliphatic rings. The second-order valence-electron chi connectivity index (χ2n) is 6.18. The van der Waals surface area contributed by atoms with Gasteiger partial charge in [0.15, 0.2) is 0 Å². The molecule has 0 bridgehead atoms. The summed E-state index contributed by atoms with van der Waals surface area (Å²) in [4.78, 5) is 38.0. The van der Waals surface area contributed by atoms with E-state index in [1.54, 1.807) is 0 Å². The van der Waals surface area contributed by atoms with Gasteiger partial charge in [-0.05, 0) is 18.6 Å². The fourth-order valence-corrected chi connectivity index (χ4v) is 4.97. The number of carbonyl (C=O) groups excluding carboxylic acids is 3. The van der Waals surface area contributed by atoms with E-state index >= 15 is 0 Å². The number of hydrogen-bond donors (Lipinski definition) is 1. The molecule has 0 saturated carbocycles. The van der Waals surface area contributed by atoms with Gasteiger partial charge in [0, 0.05) is 26.1 Å². The molecule has 3 rings (SSSR count). The van der Waals surface area contributed by atoms with Crippen molar-refractivity contribution in [3.63, 3.8) is 0 Å². The number of benzene rings is 1. The van der Waals surface area contributed by atoms with Gasteiger partial charge in [0.1, 0.15) is 10.7 Å². The van der Waals surface area contributed by atoms with Crippen molar-refractivity contribution in [2.24, 2.45) is 0 Å². The van der Waals surface area contributed by atoms with E-state index in [1.165, 1.54) is 21.9 Å². The van der Waals surface area contributed by atoms with Crippen LogP contribution < -0.4 is 4.72 Å².